The van der Waals surface area contributed by atoms with Crippen LogP contribution in [0.1, 0.15) is 49.4 Å². The Morgan fingerprint density at radius 3 is 2.90 bits per heavy atom. The molecule has 1 heterocycles. The maximum Gasteiger partial charge on any atom is 0.337 e. The van der Waals surface area contributed by atoms with Gasteiger partial charge in [0.1, 0.15) is 0 Å². The first kappa shape index (κ1) is 14.7. The van der Waals surface area contributed by atoms with Gasteiger partial charge >= 0.3 is 5.97 Å². The van der Waals surface area contributed by atoms with Crippen molar-refractivity contribution in [2.45, 2.75) is 39.0 Å². The maximum atomic E-state index is 11.4. The van der Waals surface area contributed by atoms with Crippen LogP contribution in [-0.2, 0) is 0 Å². The van der Waals surface area contributed by atoms with E-state index in [4.69, 9.17) is 5.73 Å². The molecule has 0 aliphatic carbocycles. The first-order valence-corrected chi connectivity index (χ1v) is 7.50. The molecule has 0 radical (unpaired) electrons. The molecule has 4 heteroatoms. The Kier molecular flexibility index (Phi) is 4.88. The number of rotatable bonds is 4. The average Bonchev–Trinajstić information content (AvgIpc) is 2.64. The third kappa shape index (κ3) is 3.24. The highest BCUT2D eigenvalue weighted by atomic mass is 16.4. The van der Waals surface area contributed by atoms with E-state index in [0.717, 1.165) is 31.8 Å². The van der Waals surface area contributed by atoms with Crippen molar-refractivity contribution in [3.63, 3.8) is 0 Å². The molecule has 1 fully saturated rings. The molecule has 1 aromatic carbocycles. The van der Waals surface area contributed by atoms with Gasteiger partial charge in [-0.25, -0.2) is 4.79 Å². The summed E-state index contributed by atoms with van der Waals surface area (Å²) < 4.78 is 0. The number of hydrogen-bond acceptors (Lipinski definition) is 3. The molecular formula is C16H24N2O2. The van der Waals surface area contributed by atoms with Crippen molar-refractivity contribution < 1.29 is 9.90 Å². The molecule has 0 aromatic heterocycles. The SMILES string of the molecule is CCCC1CCCN(c2c(N)cccc2C(=O)O)CC1. The Labute approximate surface area is 120 Å². The Balaban J connectivity index is 2.21. The fourth-order valence-corrected chi connectivity index (χ4v) is 3.17. The van der Waals surface area contributed by atoms with E-state index in [9.17, 15) is 9.90 Å². The summed E-state index contributed by atoms with van der Waals surface area (Å²) in [5.74, 6) is -0.134. The molecule has 1 aliphatic rings. The Morgan fingerprint density at radius 2 is 2.20 bits per heavy atom. The summed E-state index contributed by atoms with van der Waals surface area (Å²) in [5.41, 5.74) is 7.62. The van der Waals surface area contributed by atoms with E-state index < -0.39 is 5.97 Å². The van der Waals surface area contributed by atoms with Crippen molar-refractivity contribution in [1.29, 1.82) is 0 Å². The zero-order valence-corrected chi connectivity index (χ0v) is 12.1. The highest BCUT2D eigenvalue weighted by Crippen LogP contribution is 2.32. The molecule has 2 rings (SSSR count). The van der Waals surface area contributed by atoms with Crippen molar-refractivity contribution >= 4 is 17.3 Å². The van der Waals surface area contributed by atoms with Gasteiger partial charge in [0, 0.05) is 13.1 Å². The van der Waals surface area contributed by atoms with E-state index in [0.29, 0.717) is 16.9 Å². The van der Waals surface area contributed by atoms with Gasteiger partial charge in [0.05, 0.1) is 16.9 Å². The average molecular weight is 276 g/mol. The van der Waals surface area contributed by atoms with Crippen LogP contribution in [0.5, 0.6) is 0 Å². The third-order valence-electron chi connectivity index (χ3n) is 4.16. The lowest BCUT2D eigenvalue weighted by molar-refractivity contribution is 0.0697. The predicted octanol–water partition coefficient (Wildman–Crippen LogP) is 3.37. The molecular weight excluding hydrogens is 252 g/mol. The first-order valence-electron chi connectivity index (χ1n) is 7.50. The number of nitrogens with zero attached hydrogens (tertiary/aromatic N) is 1. The highest BCUT2D eigenvalue weighted by Gasteiger charge is 2.22. The second-order valence-corrected chi connectivity index (χ2v) is 5.62. The van der Waals surface area contributed by atoms with E-state index in [1.165, 1.54) is 19.3 Å². The van der Waals surface area contributed by atoms with Gasteiger partial charge < -0.3 is 15.7 Å². The fourth-order valence-electron chi connectivity index (χ4n) is 3.17. The molecule has 4 nitrogen and oxygen atoms in total. The van der Waals surface area contributed by atoms with Crippen molar-refractivity contribution in [2.75, 3.05) is 23.7 Å². The summed E-state index contributed by atoms with van der Waals surface area (Å²) in [6.45, 7) is 4.02. The monoisotopic (exact) mass is 276 g/mol. The number of aromatic carboxylic acids is 1. The molecule has 0 spiro atoms. The van der Waals surface area contributed by atoms with Crippen LogP contribution >= 0.6 is 0 Å². The molecule has 1 unspecified atom stereocenters. The van der Waals surface area contributed by atoms with Crippen molar-refractivity contribution in [3.8, 4) is 0 Å². The van der Waals surface area contributed by atoms with E-state index in [1.807, 2.05) is 0 Å². The lowest BCUT2D eigenvalue weighted by Crippen LogP contribution is -2.27. The third-order valence-corrected chi connectivity index (χ3v) is 4.16. The smallest absolute Gasteiger partial charge is 0.337 e. The summed E-state index contributed by atoms with van der Waals surface area (Å²) in [5, 5.41) is 9.35. The molecule has 1 saturated heterocycles. The predicted molar refractivity (Wildman–Crippen MR) is 82.3 cm³/mol. The quantitative estimate of drug-likeness (QED) is 0.827. The Bertz CT molecular complexity index is 474. The first-order chi connectivity index (χ1) is 9.63. The van der Waals surface area contributed by atoms with E-state index in [2.05, 4.69) is 11.8 Å². The van der Waals surface area contributed by atoms with Gasteiger partial charge in [-0.05, 0) is 37.3 Å². The molecule has 0 amide bonds. The summed E-state index contributed by atoms with van der Waals surface area (Å²) in [7, 11) is 0. The lowest BCUT2D eigenvalue weighted by Gasteiger charge is -2.26. The van der Waals surface area contributed by atoms with Crippen LogP contribution in [0.3, 0.4) is 0 Å². The van der Waals surface area contributed by atoms with Gasteiger partial charge in [0.25, 0.3) is 0 Å². The van der Waals surface area contributed by atoms with Crippen LogP contribution in [0.2, 0.25) is 0 Å². The van der Waals surface area contributed by atoms with Gasteiger partial charge in [-0.3, -0.25) is 0 Å². The van der Waals surface area contributed by atoms with E-state index >= 15 is 0 Å². The molecule has 20 heavy (non-hydrogen) atoms. The van der Waals surface area contributed by atoms with Crippen molar-refractivity contribution in [1.82, 2.24) is 0 Å². The second-order valence-electron chi connectivity index (χ2n) is 5.62. The van der Waals surface area contributed by atoms with Gasteiger partial charge in [-0.2, -0.15) is 0 Å². The summed E-state index contributed by atoms with van der Waals surface area (Å²) in [4.78, 5) is 13.5. The molecule has 110 valence electrons. The summed E-state index contributed by atoms with van der Waals surface area (Å²) >= 11 is 0. The Morgan fingerprint density at radius 1 is 1.40 bits per heavy atom. The molecule has 1 atom stereocenters. The minimum absolute atomic E-state index is 0.318. The number of benzene rings is 1. The number of nitrogens with two attached hydrogens (primary N) is 1. The largest absolute Gasteiger partial charge is 0.478 e. The molecule has 3 N–H and O–H groups in total. The number of hydrogen-bond donors (Lipinski definition) is 2. The van der Waals surface area contributed by atoms with Gasteiger partial charge in [-0.15, -0.1) is 0 Å². The van der Waals surface area contributed by atoms with Crippen molar-refractivity contribution in [2.24, 2.45) is 5.92 Å². The highest BCUT2D eigenvalue weighted by molar-refractivity contribution is 5.98. The molecule has 1 aromatic rings. The van der Waals surface area contributed by atoms with Crippen LogP contribution in [0, 0.1) is 5.92 Å². The zero-order valence-electron chi connectivity index (χ0n) is 12.1. The van der Waals surface area contributed by atoms with Crippen LogP contribution < -0.4 is 10.6 Å². The number of nitrogen functional groups attached to an aromatic ring is 1. The Hall–Kier alpha value is -1.71. The van der Waals surface area contributed by atoms with Crippen LogP contribution in [-0.4, -0.2) is 24.2 Å². The summed E-state index contributed by atoms with van der Waals surface area (Å²) in [6, 6.07) is 5.14. The summed E-state index contributed by atoms with van der Waals surface area (Å²) in [6.07, 6.45) is 5.96. The van der Waals surface area contributed by atoms with E-state index in [1.54, 1.807) is 18.2 Å². The zero-order chi connectivity index (χ0) is 14.5. The normalized spacial score (nSPS) is 19.6. The molecule has 0 bridgehead atoms. The number of carboxylic acids is 1. The lowest BCUT2D eigenvalue weighted by atomic mass is 9.96. The van der Waals surface area contributed by atoms with Crippen LogP contribution in [0.4, 0.5) is 11.4 Å². The van der Waals surface area contributed by atoms with Crippen LogP contribution in [0.15, 0.2) is 18.2 Å². The van der Waals surface area contributed by atoms with Gasteiger partial charge in [0.15, 0.2) is 0 Å². The number of para-hydroxylation sites is 1. The fraction of sp³-hybridized carbons (Fsp3) is 0.562. The standard InChI is InChI=1S/C16H24N2O2/c1-2-5-12-6-4-10-18(11-9-12)15-13(16(19)20)7-3-8-14(15)17/h3,7-8,12H,2,4-6,9-11,17H2,1H3,(H,19,20). The van der Waals surface area contributed by atoms with Crippen molar-refractivity contribution in [3.05, 3.63) is 23.8 Å². The van der Waals surface area contributed by atoms with E-state index in [-0.39, 0.29) is 0 Å². The number of carbonyl (C=O) groups is 1. The topological polar surface area (TPSA) is 66.6 Å². The molecule has 1 aliphatic heterocycles. The minimum atomic E-state index is -0.901. The molecule has 0 saturated carbocycles. The van der Waals surface area contributed by atoms with Gasteiger partial charge in [0.2, 0.25) is 0 Å². The second kappa shape index (κ2) is 6.64. The van der Waals surface area contributed by atoms with Crippen LogP contribution in [0.25, 0.3) is 0 Å². The number of anilines is 2. The number of carboxylic acid groups (broad SMARTS) is 1. The van der Waals surface area contributed by atoms with Gasteiger partial charge in [-0.1, -0.05) is 25.8 Å². The minimum Gasteiger partial charge on any atom is -0.478 e. The maximum absolute atomic E-state index is 11.4.